The molecule has 2 amide bonds. The first-order chi connectivity index (χ1) is 10.6. The zero-order valence-electron chi connectivity index (χ0n) is 12.6. The van der Waals surface area contributed by atoms with E-state index in [0.717, 1.165) is 44.3 Å². The molecular formula is C17H21ClN2O2. The van der Waals surface area contributed by atoms with Crippen LogP contribution < -0.4 is 5.32 Å². The van der Waals surface area contributed by atoms with E-state index in [1.807, 2.05) is 23.1 Å². The zero-order chi connectivity index (χ0) is 15.5. The highest BCUT2D eigenvalue weighted by atomic mass is 35.5. The Balaban J connectivity index is 1.44. The van der Waals surface area contributed by atoms with E-state index in [-0.39, 0.29) is 17.9 Å². The summed E-state index contributed by atoms with van der Waals surface area (Å²) < 4.78 is 0. The Bertz CT molecular complexity index is 564. The second kappa shape index (κ2) is 6.69. The van der Waals surface area contributed by atoms with Crippen LogP contribution in [0, 0.1) is 5.92 Å². The third kappa shape index (κ3) is 4.01. The highest BCUT2D eigenvalue weighted by Gasteiger charge is 2.35. The maximum atomic E-state index is 12.1. The van der Waals surface area contributed by atoms with Gasteiger partial charge in [0.05, 0.1) is 6.42 Å². The highest BCUT2D eigenvalue weighted by Crippen LogP contribution is 2.31. The van der Waals surface area contributed by atoms with Crippen LogP contribution >= 0.6 is 11.6 Å². The molecule has 2 fully saturated rings. The second-order valence-corrected chi connectivity index (χ2v) is 6.68. The summed E-state index contributed by atoms with van der Waals surface area (Å²) in [6, 6.07) is 7.55. The zero-order valence-corrected chi connectivity index (χ0v) is 13.3. The lowest BCUT2D eigenvalue weighted by molar-refractivity contribution is -0.133. The van der Waals surface area contributed by atoms with Crippen LogP contribution in [0.25, 0.3) is 0 Å². The molecule has 1 N–H and O–H groups in total. The van der Waals surface area contributed by atoms with E-state index in [4.69, 9.17) is 11.6 Å². The maximum Gasteiger partial charge on any atom is 0.225 e. The van der Waals surface area contributed by atoms with Crippen molar-refractivity contribution in [2.75, 3.05) is 13.1 Å². The van der Waals surface area contributed by atoms with Gasteiger partial charge in [0.2, 0.25) is 11.8 Å². The van der Waals surface area contributed by atoms with E-state index in [1.54, 1.807) is 6.07 Å². The molecule has 0 atom stereocenters. The van der Waals surface area contributed by atoms with Gasteiger partial charge in [-0.05, 0) is 43.4 Å². The van der Waals surface area contributed by atoms with Crippen molar-refractivity contribution in [3.8, 4) is 0 Å². The molecule has 3 rings (SSSR count). The van der Waals surface area contributed by atoms with Crippen LogP contribution in [0.2, 0.25) is 5.02 Å². The fourth-order valence-corrected chi connectivity index (χ4v) is 3.16. The number of benzene rings is 1. The average Bonchev–Trinajstić information content (AvgIpc) is 3.32. The van der Waals surface area contributed by atoms with Crippen molar-refractivity contribution in [1.82, 2.24) is 10.2 Å². The van der Waals surface area contributed by atoms with E-state index in [9.17, 15) is 9.59 Å². The summed E-state index contributed by atoms with van der Waals surface area (Å²) in [7, 11) is 0. The van der Waals surface area contributed by atoms with Crippen LogP contribution in [-0.4, -0.2) is 35.8 Å². The Labute approximate surface area is 135 Å². The summed E-state index contributed by atoms with van der Waals surface area (Å²) in [6.07, 6.45) is 4.14. The maximum absolute atomic E-state index is 12.1. The summed E-state index contributed by atoms with van der Waals surface area (Å²) in [5, 5.41) is 3.72. The van der Waals surface area contributed by atoms with Gasteiger partial charge in [-0.25, -0.2) is 0 Å². The van der Waals surface area contributed by atoms with Gasteiger partial charge in [-0.2, -0.15) is 0 Å². The predicted molar refractivity (Wildman–Crippen MR) is 85.6 cm³/mol. The molecule has 0 radical (unpaired) electrons. The van der Waals surface area contributed by atoms with Gasteiger partial charge in [-0.1, -0.05) is 23.7 Å². The lowest BCUT2D eigenvalue weighted by Crippen LogP contribution is -2.47. The minimum atomic E-state index is 0.0224. The van der Waals surface area contributed by atoms with Crippen molar-refractivity contribution < 1.29 is 9.59 Å². The van der Waals surface area contributed by atoms with Gasteiger partial charge in [0.1, 0.15) is 0 Å². The van der Waals surface area contributed by atoms with Crippen molar-refractivity contribution in [2.45, 2.75) is 38.1 Å². The molecule has 0 bridgehead atoms. The van der Waals surface area contributed by atoms with Crippen molar-refractivity contribution in [3.05, 3.63) is 34.9 Å². The largest absolute Gasteiger partial charge is 0.353 e. The number of nitrogens with one attached hydrogen (secondary N) is 1. The van der Waals surface area contributed by atoms with E-state index in [2.05, 4.69) is 5.32 Å². The number of hydrogen-bond acceptors (Lipinski definition) is 2. The number of halogens is 1. The number of carbonyl (C=O) groups excluding carboxylic acids is 2. The number of likely N-dealkylation sites (tertiary alicyclic amines) is 1. The number of carbonyl (C=O) groups is 2. The third-order valence-corrected chi connectivity index (χ3v) is 4.59. The normalized spacial score (nSPS) is 19.0. The fourth-order valence-electron chi connectivity index (χ4n) is 2.94. The summed E-state index contributed by atoms with van der Waals surface area (Å²) in [5.74, 6) is 0.618. The Morgan fingerprint density at radius 3 is 2.55 bits per heavy atom. The van der Waals surface area contributed by atoms with E-state index >= 15 is 0 Å². The topological polar surface area (TPSA) is 49.4 Å². The van der Waals surface area contributed by atoms with Crippen molar-refractivity contribution in [3.63, 3.8) is 0 Å². The number of hydrogen-bond donors (Lipinski definition) is 1. The van der Waals surface area contributed by atoms with Gasteiger partial charge < -0.3 is 10.2 Å². The van der Waals surface area contributed by atoms with Crippen LogP contribution in [0.1, 0.15) is 31.2 Å². The molecule has 4 nitrogen and oxygen atoms in total. The molecule has 1 saturated carbocycles. The fraction of sp³-hybridized carbons (Fsp3) is 0.529. The van der Waals surface area contributed by atoms with Crippen LogP contribution in [0.3, 0.4) is 0 Å². The second-order valence-electron chi connectivity index (χ2n) is 6.25. The first kappa shape index (κ1) is 15.3. The molecular weight excluding hydrogens is 300 g/mol. The van der Waals surface area contributed by atoms with Gasteiger partial charge >= 0.3 is 0 Å². The molecule has 0 spiro atoms. The average molecular weight is 321 g/mol. The van der Waals surface area contributed by atoms with Crippen molar-refractivity contribution in [2.24, 2.45) is 5.92 Å². The molecule has 0 aromatic heterocycles. The molecule has 5 heteroatoms. The molecule has 0 unspecified atom stereocenters. The van der Waals surface area contributed by atoms with Gasteiger partial charge in [-0.3, -0.25) is 9.59 Å². The highest BCUT2D eigenvalue weighted by molar-refractivity contribution is 6.30. The monoisotopic (exact) mass is 320 g/mol. The summed E-state index contributed by atoms with van der Waals surface area (Å²) in [4.78, 5) is 26.0. The Kier molecular flexibility index (Phi) is 4.67. The van der Waals surface area contributed by atoms with Gasteiger partial charge in [-0.15, -0.1) is 0 Å². The molecule has 22 heavy (non-hydrogen) atoms. The lowest BCUT2D eigenvalue weighted by atomic mass is 10.0. The van der Waals surface area contributed by atoms with E-state index in [0.29, 0.717) is 17.4 Å². The smallest absolute Gasteiger partial charge is 0.225 e. The van der Waals surface area contributed by atoms with Crippen molar-refractivity contribution in [1.29, 1.82) is 0 Å². The number of rotatable bonds is 4. The van der Waals surface area contributed by atoms with Crippen LogP contribution in [0.5, 0.6) is 0 Å². The minimum Gasteiger partial charge on any atom is -0.353 e. The molecule has 2 aliphatic rings. The molecule has 1 aromatic carbocycles. The summed E-state index contributed by atoms with van der Waals surface area (Å²) in [5.41, 5.74) is 0.923. The number of nitrogens with zero attached hydrogens (tertiary/aromatic N) is 1. The standard InChI is InChI=1S/C17H21ClN2O2/c18-14-3-1-2-12(10-14)11-16(21)19-15-6-8-20(9-7-15)17(22)13-4-5-13/h1-3,10,13,15H,4-9,11H2,(H,19,21). The number of amides is 2. The van der Waals surface area contributed by atoms with E-state index < -0.39 is 0 Å². The molecule has 1 aliphatic carbocycles. The SMILES string of the molecule is O=C(Cc1cccc(Cl)c1)NC1CCN(C(=O)C2CC2)CC1. The first-order valence-corrected chi connectivity index (χ1v) is 8.32. The van der Waals surface area contributed by atoms with Gasteiger partial charge in [0, 0.05) is 30.1 Å². The van der Waals surface area contributed by atoms with Crippen LogP contribution in [0.4, 0.5) is 0 Å². The Morgan fingerprint density at radius 2 is 1.91 bits per heavy atom. The quantitative estimate of drug-likeness (QED) is 0.926. The van der Waals surface area contributed by atoms with Gasteiger partial charge in [0.15, 0.2) is 0 Å². The summed E-state index contributed by atoms with van der Waals surface area (Å²) in [6.45, 7) is 1.52. The van der Waals surface area contributed by atoms with E-state index in [1.165, 1.54) is 0 Å². The summed E-state index contributed by atoms with van der Waals surface area (Å²) >= 11 is 5.93. The van der Waals surface area contributed by atoms with Crippen LogP contribution in [0.15, 0.2) is 24.3 Å². The third-order valence-electron chi connectivity index (χ3n) is 4.35. The Morgan fingerprint density at radius 1 is 1.18 bits per heavy atom. The molecule has 1 heterocycles. The lowest BCUT2D eigenvalue weighted by Gasteiger charge is -2.32. The molecule has 118 valence electrons. The van der Waals surface area contributed by atoms with Crippen molar-refractivity contribution >= 4 is 23.4 Å². The predicted octanol–water partition coefficient (Wildman–Crippen LogP) is 2.40. The first-order valence-electron chi connectivity index (χ1n) is 7.94. The molecule has 1 aromatic rings. The molecule has 1 saturated heterocycles. The Hall–Kier alpha value is -1.55. The van der Waals surface area contributed by atoms with Gasteiger partial charge in [0.25, 0.3) is 0 Å². The number of piperidine rings is 1. The molecule has 1 aliphatic heterocycles. The minimum absolute atomic E-state index is 0.0224. The van der Waals surface area contributed by atoms with Crippen LogP contribution in [-0.2, 0) is 16.0 Å².